The van der Waals surface area contributed by atoms with Gasteiger partial charge in [-0.05, 0) is 39.0 Å². The van der Waals surface area contributed by atoms with E-state index >= 15 is 0 Å². The summed E-state index contributed by atoms with van der Waals surface area (Å²) in [6.45, 7) is 5.15. The normalized spacial score (nSPS) is 10.4. The molecule has 0 amide bonds. The number of Topliss-reactive ketones (excluding diaryl/α,β-unsaturated/α-hetero) is 1. The second-order valence-corrected chi connectivity index (χ2v) is 4.44. The van der Waals surface area contributed by atoms with Gasteiger partial charge in [-0.3, -0.25) is 9.59 Å². The third-order valence-corrected chi connectivity index (χ3v) is 2.60. The van der Waals surface area contributed by atoms with E-state index in [0.29, 0.717) is 16.7 Å². The average molecular weight is 242 g/mol. The van der Waals surface area contributed by atoms with Crippen molar-refractivity contribution in [2.45, 2.75) is 20.8 Å². The van der Waals surface area contributed by atoms with E-state index < -0.39 is 0 Å². The van der Waals surface area contributed by atoms with Gasteiger partial charge in [0.1, 0.15) is 16.9 Å². The van der Waals surface area contributed by atoms with Crippen LogP contribution < -0.4 is 5.43 Å². The van der Waals surface area contributed by atoms with Gasteiger partial charge < -0.3 is 4.42 Å². The molecule has 18 heavy (non-hydrogen) atoms. The number of ketones is 1. The lowest BCUT2D eigenvalue weighted by molar-refractivity contribution is 0.101. The number of allylic oxidation sites excluding steroid dienone is 1. The fourth-order valence-corrected chi connectivity index (χ4v) is 1.86. The van der Waals surface area contributed by atoms with Crippen molar-refractivity contribution >= 4 is 22.8 Å². The molecule has 0 N–H and O–H groups in total. The lowest BCUT2D eigenvalue weighted by atomic mass is 10.1. The summed E-state index contributed by atoms with van der Waals surface area (Å²) in [5.41, 5.74) is 1.32. The highest BCUT2D eigenvalue weighted by Crippen LogP contribution is 2.18. The molecular formula is C15H14O3. The third-order valence-electron chi connectivity index (χ3n) is 2.60. The van der Waals surface area contributed by atoms with E-state index in [0.717, 1.165) is 5.57 Å². The van der Waals surface area contributed by atoms with Crippen molar-refractivity contribution in [1.29, 1.82) is 0 Å². The Morgan fingerprint density at radius 1 is 1.17 bits per heavy atom. The van der Waals surface area contributed by atoms with Crippen LogP contribution in [0.3, 0.4) is 0 Å². The summed E-state index contributed by atoms with van der Waals surface area (Å²) in [7, 11) is 0. The van der Waals surface area contributed by atoms with Crippen LogP contribution in [-0.2, 0) is 0 Å². The molecule has 0 atom stereocenters. The molecule has 2 rings (SSSR count). The molecule has 3 heteroatoms. The van der Waals surface area contributed by atoms with E-state index in [1.807, 2.05) is 13.8 Å². The molecule has 0 aliphatic carbocycles. The zero-order valence-electron chi connectivity index (χ0n) is 10.6. The Morgan fingerprint density at radius 3 is 2.44 bits per heavy atom. The van der Waals surface area contributed by atoms with Crippen molar-refractivity contribution < 1.29 is 9.21 Å². The predicted octanol–water partition coefficient (Wildman–Crippen LogP) is 3.42. The minimum Gasteiger partial charge on any atom is -0.456 e. The van der Waals surface area contributed by atoms with E-state index in [1.54, 1.807) is 30.3 Å². The minimum absolute atomic E-state index is 0.120. The van der Waals surface area contributed by atoms with Crippen LogP contribution in [0.5, 0.6) is 0 Å². The molecule has 0 spiro atoms. The minimum atomic E-state index is -0.276. The van der Waals surface area contributed by atoms with Gasteiger partial charge in [0, 0.05) is 0 Å². The van der Waals surface area contributed by atoms with Gasteiger partial charge in [-0.2, -0.15) is 0 Å². The number of fused-ring (bicyclic) bond motifs is 1. The summed E-state index contributed by atoms with van der Waals surface area (Å²) < 4.78 is 5.65. The molecule has 0 bridgehead atoms. The molecule has 0 fully saturated rings. The summed E-state index contributed by atoms with van der Waals surface area (Å²) in [5.74, 6) is 0.0632. The number of carbonyl (C=O) groups excluding carboxylic acids is 1. The summed E-state index contributed by atoms with van der Waals surface area (Å²) in [6.07, 6.45) is 1.71. The third kappa shape index (κ3) is 2.12. The largest absolute Gasteiger partial charge is 0.456 e. The first-order valence-electron chi connectivity index (χ1n) is 5.72. The second-order valence-electron chi connectivity index (χ2n) is 4.44. The Hall–Kier alpha value is -2.16. The van der Waals surface area contributed by atoms with E-state index in [1.165, 1.54) is 6.92 Å². The molecule has 92 valence electrons. The van der Waals surface area contributed by atoms with Crippen LogP contribution in [0.25, 0.3) is 17.0 Å². The van der Waals surface area contributed by atoms with Crippen LogP contribution in [0, 0.1) is 0 Å². The molecular weight excluding hydrogens is 228 g/mol. The van der Waals surface area contributed by atoms with Crippen LogP contribution in [0.15, 0.2) is 39.1 Å². The number of carbonyl (C=O) groups is 1. The summed E-state index contributed by atoms with van der Waals surface area (Å²) in [6, 6.07) is 6.94. The van der Waals surface area contributed by atoms with Gasteiger partial charge in [0.05, 0.1) is 5.39 Å². The van der Waals surface area contributed by atoms with Crippen LogP contribution in [-0.4, -0.2) is 5.78 Å². The molecule has 2 aromatic rings. The lowest BCUT2D eigenvalue weighted by Gasteiger charge is -2.04. The van der Waals surface area contributed by atoms with E-state index in [4.69, 9.17) is 4.42 Å². The molecule has 0 unspecified atom stereocenters. The first kappa shape index (κ1) is 12.3. The molecule has 0 saturated heterocycles. The number of benzene rings is 1. The zero-order chi connectivity index (χ0) is 13.3. The van der Waals surface area contributed by atoms with E-state index in [2.05, 4.69) is 0 Å². The summed E-state index contributed by atoms with van der Waals surface area (Å²) in [5, 5.41) is 0.439. The topological polar surface area (TPSA) is 47.3 Å². The number of para-hydroxylation sites is 1. The predicted molar refractivity (Wildman–Crippen MR) is 71.8 cm³/mol. The Bertz CT molecular complexity index is 701. The lowest BCUT2D eigenvalue weighted by Crippen LogP contribution is -2.15. The summed E-state index contributed by atoms with van der Waals surface area (Å²) in [4.78, 5) is 23.9. The van der Waals surface area contributed by atoms with Crippen LogP contribution in [0.2, 0.25) is 0 Å². The zero-order valence-corrected chi connectivity index (χ0v) is 10.6. The van der Waals surface area contributed by atoms with Gasteiger partial charge in [-0.1, -0.05) is 17.7 Å². The molecule has 0 saturated carbocycles. The van der Waals surface area contributed by atoms with Gasteiger partial charge in [0.15, 0.2) is 5.78 Å². The Labute approximate surface area is 105 Å². The monoisotopic (exact) mass is 242 g/mol. The summed E-state index contributed by atoms with van der Waals surface area (Å²) >= 11 is 0. The van der Waals surface area contributed by atoms with E-state index in [9.17, 15) is 9.59 Å². The SMILES string of the molecule is CC(=O)c1c(C=C(C)C)oc2ccccc2c1=O. The quantitative estimate of drug-likeness (QED) is 0.758. The van der Waals surface area contributed by atoms with Crippen LogP contribution in [0.1, 0.15) is 36.9 Å². The average Bonchev–Trinajstić information content (AvgIpc) is 2.27. The molecule has 0 aliphatic rings. The first-order chi connectivity index (χ1) is 8.50. The van der Waals surface area contributed by atoms with Crippen molar-refractivity contribution in [2.24, 2.45) is 0 Å². The molecule has 0 aliphatic heterocycles. The van der Waals surface area contributed by atoms with Crippen molar-refractivity contribution in [2.75, 3.05) is 0 Å². The molecule has 0 radical (unpaired) electrons. The molecule has 1 heterocycles. The fraction of sp³-hybridized carbons (Fsp3) is 0.200. The number of hydrogen-bond donors (Lipinski definition) is 0. The van der Waals surface area contributed by atoms with Crippen molar-refractivity contribution in [3.8, 4) is 0 Å². The van der Waals surface area contributed by atoms with Gasteiger partial charge in [-0.15, -0.1) is 0 Å². The highest BCUT2D eigenvalue weighted by molar-refractivity contribution is 5.99. The Morgan fingerprint density at radius 2 is 1.83 bits per heavy atom. The van der Waals surface area contributed by atoms with Gasteiger partial charge in [0.2, 0.25) is 5.43 Å². The Balaban J connectivity index is 2.93. The fourth-order valence-electron chi connectivity index (χ4n) is 1.86. The number of rotatable bonds is 2. The highest BCUT2D eigenvalue weighted by Gasteiger charge is 2.16. The smallest absolute Gasteiger partial charge is 0.204 e. The first-order valence-corrected chi connectivity index (χ1v) is 5.72. The van der Waals surface area contributed by atoms with Crippen molar-refractivity contribution in [3.63, 3.8) is 0 Å². The van der Waals surface area contributed by atoms with E-state index in [-0.39, 0.29) is 16.8 Å². The van der Waals surface area contributed by atoms with Gasteiger partial charge in [0.25, 0.3) is 0 Å². The van der Waals surface area contributed by atoms with Crippen molar-refractivity contribution in [3.05, 3.63) is 51.4 Å². The molecule has 1 aromatic heterocycles. The number of hydrogen-bond acceptors (Lipinski definition) is 3. The van der Waals surface area contributed by atoms with Gasteiger partial charge >= 0.3 is 0 Å². The van der Waals surface area contributed by atoms with Crippen molar-refractivity contribution in [1.82, 2.24) is 0 Å². The maximum Gasteiger partial charge on any atom is 0.204 e. The molecule has 3 nitrogen and oxygen atoms in total. The van der Waals surface area contributed by atoms with Gasteiger partial charge in [-0.25, -0.2) is 0 Å². The maximum absolute atomic E-state index is 12.3. The van der Waals surface area contributed by atoms with Crippen LogP contribution in [0.4, 0.5) is 0 Å². The molecule has 1 aromatic carbocycles. The van der Waals surface area contributed by atoms with Crippen LogP contribution >= 0.6 is 0 Å². The maximum atomic E-state index is 12.3. The highest BCUT2D eigenvalue weighted by atomic mass is 16.3. The Kier molecular flexibility index (Phi) is 3.15. The standard InChI is InChI=1S/C15H14O3/c1-9(2)8-13-14(10(3)16)15(17)11-6-4-5-7-12(11)18-13/h4-8H,1-3H3. The second kappa shape index (κ2) is 4.61.